The minimum absolute atomic E-state index is 0.0876. The number of amides is 1. The van der Waals surface area contributed by atoms with E-state index in [0.29, 0.717) is 31.7 Å². The summed E-state index contributed by atoms with van der Waals surface area (Å²) in [5, 5.41) is 14.4. The number of carbonyl (C=O) groups is 2. The molecular formula is C17H25N3O6S. The van der Waals surface area contributed by atoms with Crippen molar-refractivity contribution in [2.24, 2.45) is 0 Å². The highest BCUT2D eigenvalue weighted by atomic mass is 32.2. The molecule has 0 aliphatic carbocycles. The second kappa shape index (κ2) is 9.79. The van der Waals surface area contributed by atoms with E-state index in [-0.39, 0.29) is 24.5 Å². The second-order valence-corrected chi connectivity index (χ2v) is 8.09. The summed E-state index contributed by atoms with van der Waals surface area (Å²) in [4.78, 5) is 23.2. The third kappa shape index (κ3) is 5.99. The van der Waals surface area contributed by atoms with Gasteiger partial charge < -0.3 is 15.2 Å². The highest BCUT2D eigenvalue weighted by Gasteiger charge is 2.26. The highest BCUT2D eigenvalue weighted by molar-refractivity contribution is 7.89. The number of anilines is 1. The lowest BCUT2D eigenvalue weighted by Crippen LogP contribution is -2.41. The lowest BCUT2D eigenvalue weighted by atomic mass is 10.2. The third-order valence-electron chi connectivity index (χ3n) is 4.11. The summed E-state index contributed by atoms with van der Waals surface area (Å²) >= 11 is 0. The van der Waals surface area contributed by atoms with Crippen molar-refractivity contribution < 1.29 is 27.9 Å². The van der Waals surface area contributed by atoms with E-state index in [0.717, 1.165) is 0 Å². The molecule has 3 N–H and O–H groups in total. The predicted molar refractivity (Wildman–Crippen MR) is 99.0 cm³/mol. The number of hydrogen-bond acceptors (Lipinski definition) is 6. The van der Waals surface area contributed by atoms with Gasteiger partial charge in [0.25, 0.3) is 0 Å². The number of carboxylic acid groups (broad SMARTS) is 1. The van der Waals surface area contributed by atoms with Gasteiger partial charge in [-0.3, -0.25) is 14.9 Å². The molecule has 10 heteroatoms. The summed E-state index contributed by atoms with van der Waals surface area (Å²) in [6, 6.07) is 5.20. The molecule has 0 radical (unpaired) electrons. The fourth-order valence-electron chi connectivity index (χ4n) is 2.69. The monoisotopic (exact) mass is 399 g/mol. The molecule has 1 saturated heterocycles. The Kier molecular flexibility index (Phi) is 7.72. The van der Waals surface area contributed by atoms with Crippen molar-refractivity contribution in [3.8, 4) is 0 Å². The first-order valence-corrected chi connectivity index (χ1v) is 10.2. The van der Waals surface area contributed by atoms with Crippen LogP contribution >= 0.6 is 0 Å². The summed E-state index contributed by atoms with van der Waals surface area (Å²) in [7, 11) is -3.66. The van der Waals surface area contributed by atoms with Gasteiger partial charge >= 0.3 is 5.97 Å². The first kappa shape index (κ1) is 21.3. The van der Waals surface area contributed by atoms with E-state index in [1.54, 1.807) is 12.1 Å². The average Bonchev–Trinajstić information content (AvgIpc) is 2.65. The Bertz CT molecular complexity index is 762. The van der Waals surface area contributed by atoms with Crippen LogP contribution in [0.15, 0.2) is 29.2 Å². The molecule has 1 aromatic rings. The van der Waals surface area contributed by atoms with Gasteiger partial charge in [0, 0.05) is 18.8 Å². The van der Waals surface area contributed by atoms with Crippen LogP contribution in [0.2, 0.25) is 0 Å². The molecule has 1 aliphatic heterocycles. The molecule has 0 saturated carbocycles. The van der Waals surface area contributed by atoms with Gasteiger partial charge in [-0.2, -0.15) is 4.31 Å². The molecule has 27 heavy (non-hydrogen) atoms. The first-order valence-electron chi connectivity index (χ1n) is 8.78. The van der Waals surface area contributed by atoms with Crippen molar-refractivity contribution >= 4 is 27.6 Å². The van der Waals surface area contributed by atoms with E-state index in [9.17, 15) is 18.0 Å². The molecule has 1 heterocycles. The van der Waals surface area contributed by atoms with Gasteiger partial charge in [0.15, 0.2) is 0 Å². The second-order valence-electron chi connectivity index (χ2n) is 6.15. The third-order valence-corrected chi connectivity index (χ3v) is 6.00. The van der Waals surface area contributed by atoms with Crippen molar-refractivity contribution in [3.63, 3.8) is 0 Å². The summed E-state index contributed by atoms with van der Waals surface area (Å²) in [5.74, 6) is -1.46. The van der Waals surface area contributed by atoms with E-state index in [1.165, 1.54) is 16.4 Å². The Balaban J connectivity index is 2.00. The Hall–Kier alpha value is -2.01. The summed E-state index contributed by atoms with van der Waals surface area (Å²) in [5.41, 5.74) is 0.332. The zero-order chi connectivity index (χ0) is 19.9. The van der Waals surface area contributed by atoms with Gasteiger partial charge in [0.05, 0.1) is 24.7 Å². The number of rotatable bonds is 9. The molecule has 1 aromatic carbocycles. The molecule has 0 aromatic heterocycles. The highest BCUT2D eigenvalue weighted by Crippen LogP contribution is 2.20. The maximum Gasteiger partial charge on any atom is 0.320 e. The quantitative estimate of drug-likeness (QED) is 0.552. The number of hydrogen-bond donors (Lipinski definition) is 3. The van der Waals surface area contributed by atoms with E-state index in [1.807, 2.05) is 6.92 Å². The normalized spacial score (nSPS) is 16.6. The molecular weight excluding hydrogens is 374 g/mol. The zero-order valence-electron chi connectivity index (χ0n) is 15.2. The number of ether oxygens (including phenoxy) is 1. The molecule has 1 atom stereocenters. The SMILES string of the molecule is CCCC(NCC(=O)Nc1cccc(S(=O)(=O)N2CCOCC2)c1)C(=O)O. The summed E-state index contributed by atoms with van der Waals surface area (Å²) in [6.07, 6.45) is 1.09. The van der Waals surface area contributed by atoms with Crippen molar-refractivity contribution in [1.82, 2.24) is 9.62 Å². The van der Waals surface area contributed by atoms with Crippen molar-refractivity contribution in [3.05, 3.63) is 24.3 Å². The summed E-state index contributed by atoms with van der Waals surface area (Å²) in [6.45, 7) is 2.96. The van der Waals surface area contributed by atoms with Crippen LogP contribution in [0.5, 0.6) is 0 Å². The molecule has 1 fully saturated rings. The van der Waals surface area contributed by atoms with Gasteiger partial charge in [0.1, 0.15) is 6.04 Å². The number of benzene rings is 1. The van der Waals surface area contributed by atoms with Gasteiger partial charge in [-0.25, -0.2) is 8.42 Å². The van der Waals surface area contributed by atoms with E-state index < -0.39 is 27.9 Å². The van der Waals surface area contributed by atoms with Crippen LogP contribution in [0.4, 0.5) is 5.69 Å². The van der Waals surface area contributed by atoms with Crippen LogP contribution in [0.25, 0.3) is 0 Å². The van der Waals surface area contributed by atoms with E-state index >= 15 is 0 Å². The average molecular weight is 399 g/mol. The Morgan fingerprint density at radius 3 is 2.63 bits per heavy atom. The fraction of sp³-hybridized carbons (Fsp3) is 0.529. The van der Waals surface area contributed by atoms with E-state index in [2.05, 4.69) is 10.6 Å². The number of nitrogens with one attached hydrogen (secondary N) is 2. The van der Waals surface area contributed by atoms with Gasteiger partial charge in [-0.1, -0.05) is 19.4 Å². The van der Waals surface area contributed by atoms with Crippen molar-refractivity contribution in [2.45, 2.75) is 30.7 Å². The predicted octanol–water partition coefficient (Wildman–Crippen LogP) is 0.489. The number of sulfonamides is 1. The zero-order valence-corrected chi connectivity index (χ0v) is 16.0. The molecule has 1 unspecified atom stereocenters. The maximum atomic E-state index is 12.7. The van der Waals surface area contributed by atoms with Crippen LogP contribution in [0.3, 0.4) is 0 Å². The Morgan fingerprint density at radius 1 is 1.30 bits per heavy atom. The largest absolute Gasteiger partial charge is 0.480 e. The summed E-state index contributed by atoms with van der Waals surface area (Å²) < 4.78 is 31.9. The van der Waals surface area contributed by atoms with E-state index in [4.69, 9.17) is 9.84 Å². The topological polar surface area (TPSA) is 125 Å². The number of carbonyl (C=O) groups excluding carboxylic acids is 1. The molecule has 0 spiro atoms. The number of aliphatic carboxylic acids is 1. The fourth-order valence-corrected chi connectivity index (χ4v) is 4.15. The van der Waals surface area contributed by atoms with Gasteiger partial charge in [0.2, 0.25) is 15.9 Å². The van der Waals surface area contributed by atoms with Gasteiger partial charge in [-0.05, 0) is 24.6 Å². The molecule has 150 valence electrons. The Labute approximate surface area is 158 Å². The molecule has 1 amide bonds. The lowest BCUT2D eigenvalue weighted by molar-refractivity contribution is -0.139. The minimum Gasteiger partial charge on any atom is -0.480 e. The van der Waals surface area contributed by atoms with Crippen LogP contribution < -0.4 is 10.6 Å². The Morgan fingerprint density at radius 2 is 2.00 bits per heavy atom. The smallest absolute Gasteiger partial charge is 0.320 e. The standard InChI is InChI=1S/C17H25N3O6S/c1-2-4-15(17(22)23)18-12-16(21)19-13-5-3-6-14(11-13)27(24,25)20-7-9-26-10-8-20/h3,5-6,11,15,18H,2,4,7-10,12H2,1H3,(H,19,21)(H,22,23). The molecule has 9 nitrogen and oxygen atoms in total. The lowest BCUT2D eigenvalue weighted by Gasteiger charge is -2.26. The van der Waals surface area contributed by atoms with Crippen molar-refractivity contribution in [1.29, 1.82) is 0 Å². The van der Waals surface area contributed by atoms with Crippen LogP contribution in [0.1, 0.15) is 19.8 Å². The van der Waals surface area contributed by atoms with Crippen LogP contribution in [-0.2, 0) is 24.3 Å². The maximum absolute atomic E-state index is 12.7. The molecule has 1 aliphatic rings. The molecule has 2 rings (SSSR count). The first-order chi connectivity index (χ1) is 12.8. The number of morpholine rings is 1. The van der Waals surface area contributed by atoms with Crippen LogP contribution in [0, 0.1) is 0 Å². The minimum atomic E-state index is -3.66. The number of carboxylic acids is 1. The molecule has 0 bridgehead atoms. The van der Waals surface area contributed by atoms with Crippen LogP contribution in [-0.4, -0.2) is 68.6 Å². The van der Waals surface area contributed by atoms with Crippen molar-refractivity contribution in [2.75, 3.05) is 38.2 Å². The number of nitrogens with zero attached hydrogens (tertiary/aromatic N) is 1. The van der Waals surface area contributed by atoms with Gasteiger partial charge in [-0.15, -0.1) is 0 Å².